The van der Waals surface area contributed by atoms with Crippen molar-refractivity contribution in [1.82, 2.24) is 5.32 Å². The van der Waals surface area contributed by atoms with Crippen molar-refractivity contribution in [3.8, 4) is 11.5 Å². The summed E-state index contributed by atoms with van der Waals surface area (Å²) in [6, 6.07) is 4.65. The molecule has 6 nitrogen and oxygen atoms in total. The zero-order valence-electron chi connectivity index (χ0n) is 15.8. The van der Waals surface area contributed by atoms with Crippen molar-refractivity contribution >= 4 is 11.9 Å². The Labute approximate surface area is 153 Å². The Hall–Kier alpha value is -2.24. The third-order valence-electron chi connectivity index (χ3n) is 6.90. The minimum atomic E-state index is -0.754. The fourth-order valence-corrected chi connectivity index (χ4v) is 4.72. The van der Waals surface area contributed by atoms with Crippen molar-refractivity contribution < 1.29 is 24.2 Å². The van der Waals surface area contributed by atoms with Crippen molar-refractivity contribution in [3.63, 3.8) is 0 Å². The van der Waals surface area contributed by atoms with Crippen molar-refractivity contribution in [3.05, 3.63) is 23.8 Å². The summed E-state index contributed by atoms with van der Waals surface area (Å²) in [5.74, 6) is -0.552. The molecule has 2 fully saturated rings. The van der Waals surface area contributed by atoms with Gasteiger partial charge in [-0.05, 0) is 48.1 Å². The molecular formula is C20H27NO5. The molecule has 0 aromatic heterocycles. The highest BCUT2D eigenvalue weighted by Gasteiger charge is 2.61. The average molecular weight is 361 g/mol. The predicted molar refractivity (Wildman–Crippen MR) is 96.1 cm³/mol. The Kier molecular flexibility index (Phi) is 4.63. The number of esters is 1. The molecule has 0 radical (unpaired) electrons. The molecular weight excluding hydrogens is 334 g/mol. The van der Waals surface area contributed by atoms with Gasteiger partial charge in [0, 0.05) is 6.04 Å². The second-order valence-corrected chi connectivity index (χ2v) is 8.16. The standard InChI is InChI=1S/C20H27NO5/c1-19(2)12-8-9-20(19,3)15(10-12)21-16(22)11-26-18(24)13-6-5-7-14(25-4)17(13)23/h5-7,12,15,23H,8-11H2,1-4H3,(H,21,22). The number of benzene rings is 1. The van der Waals surface area contributed by atoms with Gasteiger partial charge >= 0.3 is 5.97 Å². The molecule has 142 valence electrons. The van der Waals surface area contributed by atoms with Gasteiger partial charge < -0.3 is 19.9 Å². The van der Waals surface area contributed by atoms with E-state index in [0.717, 1.165) is 12.8 Å². The summed E-state index contributed by atoms with van der Waals surface area (Å²) in [4.78, 5) is 24.4. The van der Waals surface area contributed by atoms with Crippen molar-refractivity contribution in [2.45, 2.75) is 46.1 Å². The fraction of sp³-hybridized carbons (Fsp3) is 0.600. The van der Waals surface area contributed by atoms with Crippen LogP contribution >= 0.6 is 0 Å². The maximum Gasteiger partial charge on any atom is 0.342 e. The van der Waals surface area contributed by atoms with Crippen LogP contribution < -0.4 is 10.1 Å². The van der Waals surface area contributed by atoms with E-state index in [9.17, 15) is 14.7 Å². The van der Waals surface area contributed by atoms with Gasteiger partial charge in [-0.1, -0.05) is 26.8 Å². The number of fused-ring (bicyclic) bond motifs is 2. The van der Waals surface area contributed by atoms with Crippen LogP contribution in [0.3, 0.4) is 0 Å². The predicted octanol–water partition coefficient (Wildman–Crippen LogP) is 2.89. The number of ether oxygens (including phenoxy) is 2. The SMILES string of the molecule is COc1cccc(C(=O)OCC(=O)NC2CC3CCC2(C)C3(C)C)c1O. The molecule has 1 aromatic rings. The van der Waals surface area contributed by atoms with Gasteiger partial charge in [0.2, 0.25) is 0 Å². The minimum Gasteiger partial charge on any atom is -0.504 e. The highest BCUT2D eigenvalue weighted by Crippen LogP contribution is 2.65. The van der Waals surface area contributed by atoms with Crippen molar-refractivity contribution in [1.29, 1.82) is 0 Å². The van der Waals surface area contributed by atoms with E-state index in [1.165, 1.54) is 25.7 Å². The Balaban J connectivity index is 1.58. The summed E-state index contributed by atoms with van der Waals surface area (Å²) in [5.41, 5.74) is 0.251. The van der Waals surface area contributed by atoms with Gasteiger partial charge in [-0.15, -0.1) is 0 Å². The van der Waals surface area contributed by atoms with Crippen LogP contribution in [0.4, 0.5) is 0 Å². The summed E-state index contributed by atoms with van der Waals surface area (Å²) >= 11 is 0. The smallest absolute Gasteiger partial charge is 0.342 e. The van der Waals surface area contributed by atoms with E-state index < -0.39 is 5.97 Å². The summed E-state index contributed by atoms with van der Waals surface area (Å²) in [5, 5.41) is 13.0. The largest absolute Gasteiger partial charge is 0.504 e. The fourth-order valence-electron chi connectivity index (χ4n) is 4.72. The first-order chi connectivity index (χ1) is 12.2. The third kappa shape index (κ3) is 2.81. The molecule has 1 amide bonds. The maximum atomic E-state index is 12.3. The van der Waals surface area contributed by atoms with Crippen LogP contribution in [0.1, 0.15) is 50.4 Å². The zero-order chi connectivity index (χ0) is 19.1. The van der Waals surface area contributed by atoms with Gasteiger partial charge in [0.1, 0.15) is 5.56 Å². The third-order valence-corrected chi connectivity index (χ3v) is 6.90. The van der Waals surface area contributed by atoms with Gasteiger partial charge in [0.05, 0.1) is 7.11 Å². The first kappa shape index (κ1) is 18.5. The molecule has 0 spiro atoms. The number of amides is 1. The molecule has 26 heavy (non-hydrogen) atoms. The molecule has 0 saturated heterocycles. The van der Waals surface area contributed by atoms with E-state index in [2.05, 4.69) is 26.1 Å². The number of hydrogen-bond acceptors (Lipinski definition) is 5. The van der Waals surface area contributed by atoms with Crippen molar-refractivity contribution in [2.75, 3.05) is 13.7 Å². The number of rotatable bonds is 5. The Morgan fingerprint density at radius 1 is 1.31 bits per heavy atom. The van der Waals surface area contributed by atoms with Crippen LogP contribution in [0.25, 0.3) is 0 Å². The number of phenols is 1. The number of methoxy groups -OCH3 is 1. The lowest BCUT2D eigenvalue weighted by Gasteiger charge is -2.39. The topological polar surface area (TPSA) is 84.9 Å². The molecule has 3 unspecified atom stereocenters. The van der Waals surface area contributed by atoms with Gasteiger partial charge in [-0.25, -0.2) is 4.79 Å². The normalized spacial score (nSPS) is 28.6. The summed E-state index contributed by atoms with van der Waals surface area (Å²) in [6.07, 6.45) is 3.28. The molecule has 0 aliphatic heterocycles. The summed E-state index contributed by atoms with van der Waals surface area (Å²) in [6.45, 7) is 6.43. The summed E-state index contributed by atoms with van der Waals surface area (Å²) < 4.78 is 10.1. The molecule has 1 aromatic carbocycles. The van der Waals surface area contributed by atoms with Crippen LogP contribution in [0.2, 0.25) is 0 Å². The highest BCUT2D eigenvalue weighted by atomic mass is 16.5. The second-order valence-electron chi connectivity index (χ2n) is 8.16. The van der Waals surface area contributed by atoms with Gasteiger partial charge in [-0.3, -0.25) is 4.79 Å². The quantitative estimate of drug-likeness (QED) is 0.788. The van der Waals surface area contributed by atoms with Crippen molar-refractivity contribution in [2.24, 2.45) is 16.7 Å². The minimum absolute atomic E-state index is 0.0230. The van der Waals surface area contributed by atoms with E-state index >= 15 is 0 Å². The Bertz CT molecular complexity index is 729. The number of nitrogens with one attached hydrogen (secondary N) is 1. The summed E-state index contributed by atoms with van der Waals surface area (Å²) in [7, 11) is 1.40. The maximum absolute atomic E-state index is 12.3. The molecule has 6 heteroatoms. The lowest BCUT2D eigenvalue weighted by Crippen LogP contribution is -2.48. The Morgan fingerprint density at radius 2 is 2.04 bits per heavy atom. The zero-order valence-corrected chi connectivity index (χ0v) is 15.8. The molecule has 2 N–H and O–H groups in total. The van der Waals surface area contributed by atoms with E-state index in [1.807, 2.05) is 0 Å². The first-order valence-electron chi connectivity index (χ1n) is 9.03. The number of aromatic hydroxyl groups is 1. The number of para-hydroxylation sites is 1. The van der Waals surface area contributed by atoms with Gasteiger partial charge in [-0.2, -0.15) is 0 Å². The molecule has 2 aliphatic carbocycles. The van der Waals surface area contributed by atoms with E-state index in [1.54, 1.807) is 6.07 Å². The molecule has 3 atom stereocenters. The van der Waals surface area contributed by atoms with Crippen LogP contribution in [-0.2, 0) is 9.53 Å². The van der Waals surface area contributed by atoms with Crippen LogP contribution in [-0.4, -0.2) is 36.7 Å². The molecule has 3 rings (SSSR count). The number of hydrogen-bond donors (Lipinski definition) is 2. The average Bonchev–Trinajstić information content (AvgIpc) is 2.93. The Morgan fingerprint density at radius 3 is 2.62 bits per heavy atom. The lowest BCUT2D eigenvalue weighted by molar-refractivity contribution is -0.126. The van der Waals surface area contributed by atoms with Gasteiger partial charge in [0.15, 0.2) is 18.1 Å². The number of carbonyl (C=O) groups is 2. The van der Waals surface area contributed by atoms with Gasteiger partial charge in [0.25, 0.3) is 5.91 Å². The number of phenolic OH excluding ortho intramolecular Hbond substituents is 1. The van der Waals surface area contributed by atoms with Crippen LogP contribution in [0.15, 0.2) is 18.2 Å². The lowest BCUT2D eigenvalue weighted by atomic mass is 9.69. The highest BCUT2D eigenvalue weighted by molar-refractivity contribution is 5.94. The molecule has 0 heterocycles. The monoisotopic (exact) mass is 361 g/mol. The van der Waals surface area contributed by atoms with Crippen LogP contribution in [0.5, 0.6) is 11.5 Å². The number of carbonyl (C=O) groups excluding carboxylic acids is 2. The van der Waals surface area contributed by atoms with E-state index in [-0.39, 0.29) is 46.4 Å². The van der Waals surface area contributed by atoms with E-state index in [4.69, 9.17) is 9.47 Å². The molecule has 2 aliphatic rings. The van der Waals surface area contributed by atoms with E-state index in [0.29, 0.717) is 5.92 Å². The van der Waals surface area contributed by atoms with Crippen LogP contribution in [0, 0.1) is 16.7 Å². The second kappa shape index (κ2) is 6.49. The molecule has 2 bridgehead atoms. The first-order valence-corrected chi connectivity index (χ1v) is 9.03. The molecule has 2 saturated carbocycles.